The first-order chi connectivity index (χ1) is 13.2. The summed E-state index contributed by atoms with van der Waals surface area (Å²) >= 11 is 0. The summed E-state index contributed by atoms with van der Waals surface area (Å²) in [6.45, 7) is 4.29. The van der Waals surface area contributed by atoms with Gasteiger partial charge in [-0.15, -0.1) is 0 Å². The van der Waals surface area contributed by atoms with Crippen molar-refractivity contribution in [3.8, 4) is 5.75 Å². The molecule has 0 unspecified atom stereocenters. The summed E-state index contributed by atoms with van der Waals surface area (Å²) in [6, 6.07) is 17.0. The zero-order valence-corrected chi connectivity index (χ0v) is 15.8. The van der Waals surface area contributed by atoms with Crippen molar-refractivity contribution in [2.75, 3.05) is 31.6 Å². The molecule has 0 aromatic heterocycles. The number of benzene rings is 2. The minimum Gasteiger partial charge on any atom is -0.492 e. The Kier molecular flexibility index (Phi) is 6.85. The molecule has 5 heteroatoms. The van der Waals surface area contributed by atoms with Gasteiger partial charge in [0.1, 0.15) is 11.8 Å². The van der Waals surface area contributed by atoms with E-state index in [0.29, 0.717) is 24.0 Å². The second-order valence-electron chi connectivity index (χ2n) is 6.89. The smallest absolute Gasteiger partial charge is 0.246 e. The number of para-hydroxylation sites is 2. The Bertz CT molecular complexity index is 727. The Morgan fingerprint density at radius 2 is 1.81 bits per heavy atom. The van der Waals surface area contributed by atoms with Crippen molar-refractivity contribution in [2.24, 2.45) is 5.92 Å². The van der Waals surface area contributed by atoms with E-state index in [1.807, 2.05) is 61.5 Å². The lowest BCUT2D eigenvalue weighted by Crippen LogP contribution is -2.42. The number of aliphatic hydroxyl groups excluding tert-OH is 1. The lowest BCUT2D eigenvalue weighted by atomic mass is 9.94. The van der Waals surface area contributed by atoms with Gasteiger partial charge in [0.15, 0.2) is 0 Å². The van der Waals surface area contributed by atoms with Gasteiger partial charge in [0.25, 0.3) is 0 Å². The third-order valence-corrected chi connectivity index (χ3v) is 5.08. The van der Waals surface area contributed by atoms with Crippen LogP contribution in [0.25, 0.3) is 0 Å². The largest absolute Gasteiger partial charge is 0.492 e. The fourth-order valence-corrected chi connectivity index (χ4v) is 3.61. The summed E-state index contributed by atoms with van der Waals surface area (Å²) in [5.74, 6) is 0.953. The molecule has 2 aromatic carbocycles. The first-order valence-corrected chi connectivity index (χ1v) is 9.65. The molecule has 2 N–H and O–H groups in total. The standard InChI is InChI=1S/C22H28N2O3/c1-2-27-20-11-7-6-10-19(20)23-22(26)21(18-8-4-3-5-9-18)24-14-12-17(16-25)13-15-24/h3-11,17,21,25H,2,12-16H2,1H3,(H,23,26)/t21-/m1/s1. The SMILES string of the molecule is CCOc1ccccc1NC(=O)[C@@H](c1ccccc1)N1CCC(CO)CC1. The minimum atomic E-state index is -0.361. The van der Waals surface area contributed by atoms with E-state index >= 15 is 0 Å². The number of ether oxygens (including phenoxy) is 1. The molecule has 0 saturated carbocycles. The topological polar surface area (TPSA) is 61.8 Å². The van der Waals surface area contributed by atoms with Gasteiger partial charge in [-0.1, -0.05) is 42.5 Å². The van der Waals surface area contributed by atoms with Crippen LogP contribution in [0.15, 0.2) is 54.6 Å². The number of carbonyl (C=O) groups excluding carboxylic acids is 1. The maximum atomic E-state index is 13.3. The zero-order valence-electron chi connectivity index (χ0n) is 15.8. The fraction of sp³-hybridized carbons (Fsp3) is 0.409. The Balaban J connectivity index is 1.82. The van der Waals surface area contributed by atoms with E-state index in [9.17, 15) is 9.90 Å². The first-order valence-electron chi connectivity index (χ1n) is 9.65. The van der Waals surface area contributed by atoms with Gasteiger partial charge >= 0.3 is 0 Å². The lowest BCUT2D eigenvalue weighted by molar-refractivity contribution is -0.122. The molecule has 1 saturated heterocycles. The number of nitrogens with zero attached hydrogens (tertiary/aromatic N) is 1. The predicted molar refractivity (Wildman–Crippen MR) is 107 cm³/mol. The predicted octanol–water partition coefficient (Wildman–Crippen LogP) is 3.47. The minimum absolute atomic E-state index is 0.0594. The summed E-state index contributed by atoms with van der Waals surface area (Å²) < 4.78 is 5.64. The van der Waals surface area contributed by atoms with E-state index < -0.39 is 0 Å². The van der Waals surface area contributed by atoms with E-state index in [1.165, 1.54) is 0 Å². The molecule has 5 nitrogen and oxygen atoms in total. The number of anilines is 1. The van der Waals surface area contributed by atoms with Gasteiger partial charge in [-0.05, 0) is 56.5 Å². The molecule has 3 rings (SSSR count). The fourth-order valence-electron chi connectivity index (χ4n) is 3.61. The van der Waals surface area contributed by atoms with Crippen molar-refractivity contribution in [1.29, 1.82) is 0 Å². The zero-order chi connectivity index (χ0) is 19.1. The van der Waals surface area contributed by atoms with Crippen molar-refractivity contribution < 1.29 is 14.6 Å². The van der Waals surface area contributed by atoms with Crippen LogP contribution in [0, 0.1) is 5.92 Å². The maximum absolute atomic E-state index is 13.3. The molecular weight excluding hydrogens is 340 g/mol. The highest BCUT2D eigenvalue weighted by Gasteiger charge is 2.31. The lowest BCUT2D eigenvalue weighted by Gasteiger charge is -2.36. The van der Waals surface area contributed by atoms with Gasteiger partial charge < -0.3 is 15.2 Å². The van der Waals surface area contributed by atoms with Gasteiger partial charge in [0.05, 0.1) is 12.3 Å². The van der Waals surface area contributed by atoms with Crippen molar-refractivity contribution in [3.05, 3.63) is 60.2 Å². The highest BCUT2D eigenvalue weighted by Crippen LogP contribution is 2.30. The average molecular weight is 368 g/mol. The highest BCUT2D eigenvalue weighted by atomic mass is 16.5. The summed E-state index contributed by atoms with van der Waals surface area (Å²) in [6.07, 6.45) is 1.81. The normalized spacial score (nSPS) is 16.7. The second kappa shape index (κ2) is 9.53. The number of rotatable bonds is 7. The Hall–Kier alpha value is -2.37. The molecule has 2 aromatic rings. The summed E-state index contributed by atoms with van der Waals surface area (Å²) in [7, 11) is 0. The van der Waals surface area contributed by atoms with Crippen LogP contribution < -0.4 is 10.1 Å². The Morgan fingerprint density at radius 1 is 1.15 bits per heavy atom. The number of hydrogen-bond donors (Lipinski definition) is 2. The molecule has 0 aliphatic carbocycles. The summed E-state index contributed by atoms with van der Waals surface area (Å²) in [5.41, 5.74) is 1.67. The number of amides is 1. The molecule has 1 heterocycles. The number of nitrogens with one attached hydrogen (secondary N) is 1. The van der Waals surface area contributed by atoms with Crippen molar-refractivity contribution in [1.82, 2.24) is 4.90 Å². The molecule has 1 atom stereocenters. The Morgan fingerprint density at radius 3 is 2.48 bits per heavy atom. The molecular formula is C22H28N2O3. The molecule has 144 valence electrons. The van der Waals surface area contributed by atoms with Crippen molar-refractivity contribution >= 4 is 11.6 Å². The molecule has 1 fully saturated rings. The summed E-state index contributed by atoms with van der Waals surface area (Å²) in [5, 5.41) is 12.5. The average Bonchev–Trinajstić information content (AvgIpc) is 2.71. The van der Waals surface area contributed by atoms with E-state index in [2.05, 4.69) is 10.2 Å². The molecule has 0 radical (unpaired) electrons. The van der Waals surface area contributed by atoms with Crippen LogP contribution >= 0.6 is 0 Å². The van der Waals surface area contributed by atoms with Gasteiger partial charge in [0.2, 0.25) is 5.91 Å². The van der Waals surface area contributed by atoms with Gasteiger partial charge in [-0.3, -0.25) is 9.69 Å². The van der Waals surface area contributed by atoms with E-state index in [1.54, 1.807) is 0 Å². The molecule has 1 amide bonds. The third-order valence-electron chi connectivity index (χ3n) is 5.08. The molecule has 0 spiro atoms. The van der Waals surface area contributed by atoms with Gasteiger partial charge in [0, 0.05) is 6.61 Å². The number of piperidine rings is 1. The van der Waals surface area contributed by atoms with Crippen LogP contribution in [-0.4, -0.2) is 42.2 Å². The van der Waals surface area contributed by atoms with E-state index in [4.69, 9.17) is 4.74 Å². The number of likely N-dealkylation sites (tertiary alicyclic amines) is 1. The van der Waals surface area contributed by atoms with Crippen LogP contribution in [0.5, 0.6) is 5.75 Å². The van der Waals surface area contributed by atoms with Crippen LogP contribution in [0.4, 0.5) is 5.69 Å². The number of aliphatic hydroxyl groups is 1. The second-order valence-corrected chi connectivity index (χ2v) is 6.89. The molecule has 0 bridgehead atoms. The van der Waals surface area contributed by atoms with Crippen LogP contribution in [-0.2, 0) is 4.79 Å². The number of hydrogen-bond acceptors (Lipinski definition) is 4. The van der Waals surface area contributed by atoms with Gasteiger partial charge in [-0.25, -0.2) is 0 Å². The van der Waals surface area contributed by atoms with Crippen molar-refractivity contribution in [2.45, 2.75) is 25.8 Å². The highest BCUT2D eigenvalue weighted by molar-refractivity contribution is 5.96. The summed E-state index contributed by atoms with van der Waals surface area (Å²) in [4.78, 5) is 15.5. The van der Waals surface area contributed by atoms with Crippen LogP contribution in [0.2, 0.25) is 0 Å². The number of carbonyl (C=O) groups is 1. The Labute approximate surface area is 161 Å². The van der Waals surface area contributed by atoms with Crippen molar-refractivity contribution in [3.63, 3.8) is 0 Å². The van der Waals surface area contributed by atoms with Gasteiger partial charge in [-0.2, -0.15) is 0 Å². The maximum Gasteiger partial charge on any atom is 0.246 e. The first kappa shape index (κ1) is 19.4. The molecule has 1 aliphatic rings. The monoisotopic (exact) mass is 368 g/mol. The molecule has 27 heavy (non-hydrogen) atoms. The van der Waals surface area contributed by atoms with E-state index in [-0.39, 0.29) is 18.6 Å². The van der Waals surface area contributed by atoms with Crippen LogP contribution in [0.3, 0.4) is 0 Å². The van der Waals surface area contributed by atoms with E-state index in [0.717, 1.165) is 31.5 Å². The van der Waals surface area contributed by atoms with Crippen LogP contribution in [0.1, 0.15) is 31.4 Å². The third kappa shape index (κ3) is 4.87. The molecule has 1 aliphatic heterocycles. The quantitative estimate of drug-likeness (QED) is 0.786.